The van der Waals surface area contributed by atoms with Crippen molar-refractivity contribution in [2.45, 2.75) is 19.6 Å². The van der Waals surface area contributed by atoms with Gasteiger partial charge in [0, 0.05) is 0 Å². The van der Waals surface area contributed by atoms with Crippen LogP contribution in [0.3, 0.4) is 0 Å². The topological polar surface area (TPSA) is 40.5 Å². The molecule has 0 bridgehead atoms. The Balaban J connectivity index is 2.75. The Morgan fingerprint density at radius 3 is 2.80 bits per heavy atom. The normalized spacial score (nSPS) is 17.6. The molecule has 1 atom stereocenters. The Morgan fingerprint density at radius 2 is 2.80 bits per heavy atom. The highest BCUT2D eigenvalue weighted by Gasteiger charge is 1.83. The Hall–Kier alpha value is -0.0800. The molecule has 2 nitrogen and oxygen atoms in total. The van der Waals surface area contributed by atoms with E-state index in [2.05, 4.69) is 5.11 Å². The van der Waals surface area contributed by atoms with Crippen LogP contribution in [0.4, 0.5) is 0 Å². The van der Waals surface area contributed by atoms with Crippen molar-refractivity contribution >= 4 is 0 Å². The summed E-state index contributed by atoms with van der Waals surface area (Å²) in [6.07, 6.45) is -0.422. The second-order valence-electron chi connectivity index (χ2n) is 0.863. The molecule has 32 valence electrons. The molecule has 0 aromatic carbocycles. The third-order valence-electron chi connectivity index (χ3n) is 0.349. The fourth-order valence-corrected chi connectivity index (χ4v) is 0. The SMILES string of the molecule is [2H]OC(O)CC. The van der Waals surface area contributed by atoms with E-state index in [1.807, 2.05) is 0 Å². The van der Waals surface area contributed by atoms with E-state index in [0.717, 1.165) is 0 Å². The molecule has 0 radical (unpaired) electrons. The standard InChI is InChI=1S/C3H8O2/c1-2-3(4)5/h3-5H,2H2,1H3/i4D. The van der Waals surface area contributed by atoms with Crippen LogP contribution in [0.5, 0.6) is 0 Å². The maximum absolute atomic E-state index is 8.26. The molecule has 0 heterocycles. The van der Waals surface area contributed by atoms with Crippen LogP contribution in [-0.4, -0.2) is 17.9 Å². The van der Waals surface area contributed by atoms with Gasteiger partial charge < -0.3 is 10.2 Å². The van der Waals surface area contributed by atoms with Crippen molar-refractivity contribution < 1.29 is 10.2 Å². The third kappa shape index (κ3) is 3.92. The molecule has 0 aromatic rings. The summed E-state index contributed by atoms with van der Waals surface area (Å²) in [5.74, 6) is 0. The van der Waals surface area contributed by atoms with Gasteiger partial charge >= 0.3 is 0 Å². The van der Waals surface area contributed by atoms with Gasteiger partial charge in [0.05, 0.1) is 0 Å². The van der Waals surface area contributed by atoms with Crippen LogP contribution in [0.1, 0.15) is 13.3 Å². The molecular weight excluding hydrogens is 68.0 g/mol. The summed E-state index contributed by atoms with van der Waals surface area (Å²) < 4.78 is 6.06. The van der Waals surface area contributed by atoms with Crippen LogP contribution in [0.2, 0.25) is 0 Å². The van der Waals surface area contributed by atoms with Gasteiger partial charge in [0.25, 0.3) is 0 Å². The molecule has 0 saturated heterocycles. The largest absolute Gasteiger partial charge is 0.368 e. The molecule has 0 aliphatic carbocycles. The zero-order valence-corrected chi connectivity index (χ0v) is 3.14. The molecule has 0 aliphatic rings. The van der Waals surface area contributed by atoms with E-state index in [-0.39, 0.29) is 0 Å². The first-order chi connectivity index (χ1) is 2.81. The summed E-state index contributed by atoms with van der Waals surface area (Å²) in [6, 6.07) is 0. The van der Waals surface area contributed by atoms with Crippen LogP contribution < -0.4 is 0 Å². The lowest BCUT2D eigenvalue weighted by Crippen LogP contribution is -1.99. The van der Waals surface area contributed by atoms with Crippen molar-refractivity contribution in [3.8, 4) is 0 Å². The highest BCUT2D eigenvalue weighted by atomic mass is 16.5. The van der Waals surface area contributed by atoms with Gasteiger partial charge in [-0.3, -0.25) is 0 Å². The summed E-state index contributed by atoms with van der Waals surface area (Å²) in [6.45, 7) is 1.74. The Bertz CT molecular complexity index is 28.0. The van der Waals surface area contributed by atoms with Gasteiger partial charge in [0.1, 0.15) is 0 Å². The molecule has 0 spiro atoms. The first kappa shape index (κ1) is 3.12. The second kappa shape index (κ2) is 2.18. The Morgan fingerprint density at radius 1 is 2.20 bits per heavy atom. The summed E-state index contributed by atoms with van der Waals surface area (Å²) in [4.78, 5) is 0. The average Bonchev–Trinajstić information content (AvgIpc) is 1.65. The van der Waals surface area contributed by atoms with Gasteiger partial charge in [-0.2, -0.15) is 0 Å². The number of aliphatic hydroxyl groups excluding tert-OH is 1. The van der Waals surface area contributed by atoms with Gasteiger partial charge in [-0.15, -0.1) is 0 Å². The molecule has 0 fully saturated rings. The monoisotopic (exact) mass is 77.1 g/mol. The highest BCUT2D eigenvalue weighted by Crippen LogP contribution is 1.77. The van der Waals surface area contributed by atoms with Crippen molar-refractivity contribution in [1.82, 2.24) is 0 Å². The number of rotatable bonds is 2. The van der Waals surface area contributed by atoms with Crippen LogP contribution in [0.15, 0.2) is 0 Å². The molecule has 2 N–H and O–H groups in total. The minimum absolute atomic E-state index is 0.476. The summed E-state index contributed by atoms with van der Waals surface area (Å²) in [5, 5.41) is 12.0. The zero-order valence-electron chi connectivity index (χ0n) is 4.14. The molecule has 0 aromatic heterocycles. The van der Waals surface area contributed by atoms with E-state index in [0.29, 0.717) is 6.42 Å². The molecule has 0 amide bonds. The van der Waals surface area contributed by atoms with Gasteiger partial charge in [-0.25, -0.2) is 0 Å². The summed E-state index contributed by atoms with van der Waals surface area (Å²) >= 11 is 0. The van der Waals surface area contributed by atoms with Crippen molar-refractivity contribution in [3.63, 3.8) is 0 Å². The summed E-state index contributed by atoms with van der Waals surface area (Å²) in [5.41, 5.74) is 0. The van der Waals surface area contributed by atoms with E-state index in [1.54, 1.807) is 6.92 Å². The fourth-order valence-electron chi connectivity index (χ4n) is 0. The summed E-state index contributed by atoms with van der Waals surface area (Å²) in [7, 11) is 0. The lowest BCUT2D eigenvalue weighted by Gasteiger charge is -1.90. The molecule has 1 unspecified atom stereocenters. The van der Waals surface area contributed by atoms with Gasteiger partial charge in [0.2, 0.25) is 1.43 Å². The van der Waals surface area contributed by atoms with Crippen molar-refractivity contribution in [3.05, 3.63) is 0 Å². The first-order valence-corrected chi connectivity index (χ1v) is 1.61. The van der Waals surface area contributed by atoms with Crippen LogP contribution in [0.25, 0.3) is 0 Å². The lowest BCUT2D eigenvalue weighted by atomic mass is 10.5. The van der Waals surface area contributed by atoms with E-state index in [9.17, 15) is 0 Å². The Labute approximate surface area is 32.5 Å². The predicted molar refractivity (Wildman–Crippen MR) is 18.5 cm³/mol. The van der Waals surface area contributed by atoms with Crippen LogP contribution in [0, 0.1) is 0 Å². The average molecular weight is 77.1 g/mol. The number of aliphatic hydroxyl groups is 2. The van der Waals surface area contributed by atoms with Crippen LogP contribution >= 0.6 is 0 Å². The smallest absolute Gasteiger partial charge is 0.213 e. The third-order valence-corrected chi connectivity index (χ3v) is 0.349. The lowest BCUT2D eigenvalue weighted by molar-refractivity contribution is -0.0413. The number of hydrogen-bond donors (Lipinski definition) is 2. The Kier molecular flexibility index (Phi) is 1.36. The fraction of sp³-hybridized carbons (Fsp3) is 1.00. The zero-order chi connectivity index (χ0) is 4.99. The van der Waals surface area contributed by atoms with Gasteiger partial charge in [0.15, 0.2) is 6.29 Å². The minimum atomic E-state index is -0.898. The van der Waals surface area contributed by atoms with Crippen molar-refractivity contribution in [2.24, 2.45) is 0 Å². The van der Waals surface area contributed by atoms with E-state index in [1.165, 1.54) is 0 Å². The maximum Gasteiger partial charge on any atom is 0.213 e. The van der Waals surface area contributed by atoms with Crippen LogP contribution in [-0.2, 0) is 0 Å². The van der Waals surface area contributed by atoms with Crippen molar-refractivity contribution in [2.75, 3.05) is 0 Å². The molecule has 0 rings (SSSR count). The molecular formula is C3H8O2. The number of hydrogen-bond acceptors (Lipinski definition) is 2. The van der Waals surface area contributed by atoms with Gasteiger partial charge in [-0.1, -0.05) is 6.92 Å². The highest BCUT2D eigenvalue weighted by molar-refractivity contribution is 4.21. The van der Waals surface area contributed by atoms with Gasteiger partial charge in [-0.05, 0) is 6.42 Å². The second-order valence-corrected chi connectivity index (χ2v) is 0.863. The minimum Gasteiger partial charge on any atom is -0.368 e. The van der Waals surface area contributed by atoms with E-state index in [4.69, 9.17) is 6.54 Å². The predicted octanol–water partition coefficient (Wildman–Crippen LogP) is -0.293. The maximum atomic E-state index is 8.26. The molecule has 5 heavy (non-hydrogen) atoms. The van der Waals surface area contributed by atoms with E-state index >= 15 is 0 Å². The molecule has 0 saturated carbocycles. The quantitative estimate of drug-likeness (QED) is 0.444. The van der Waals surface area contributed by atoms with E-state index < -0.39 is 6.29 Å². The molecule has 2 heteroatoms. The van der Waals surface area contributed by atoms with Crippen molar-refractivity contribution in [1.29, 1.82) is 1.43 Å². The first-order valence-electron chi connectivity index (χ1n) is 2.02. The molecule has 0 aliphatic heterocycles.